The molecule has 0 bridgehead atoms. The molecule has 1 aromatic carbocycles. The molecule has 0 saturated carbocycles. The Bertz CT molecular complexity index is 674. The summed E-state index contributed by atoms with van der Waals surface area (Å²) in [6.07, 6.45) is 0.653. The molecular weight excluding hydrogens is 270 g/mol. The number of rotatable bonds is 5. The highest BCUT2D eigenvalue weighted by Crippen LogP contribution is 2.19. The second kappa shape index (κ2) is 6.69. The van der Waals surface area contributed by atoms with Gasteiger partial charge >= 0.3 is 0 Å². The highest BCUT2D eigenvalue weighted by Gasteiger charge is 2.08. The standard InChI is InChI=1S/C15H17N3O3/c1-10-3-5-13(21-2)11(9-10)7-8-16-15(20)12-4-6-14(19)18-17-12/h3-6,9H,7-8H2,1-2H3,(H,16,20)(H,18,19). The number of aromatic amines is 1. The van der Waals surface area contributed by atoms with Gasteiger partial charge in [-0.1, -0.05) is 17.7 Å². The molecule has 1 amide bonds. The molecule has 0 spiro atoms. The lowest BCUT2D eigenvalue weighted by Crippen LogP contribution is -2.27. The highest BCUT2D eigenvalue weighted by atomic mass is 16.5. The minimum Gasteiger partial charge on any atom is -0.496 e. The number of carbonyl (C=O) groups is 1. The van der Waals surface area contributed by atoms with E-state index in [4.69, 9.17) is 4.74 Å². The van der Waals surface area contributed by atoms with Gasteiger partial charge in [-0.2, -0.15) is 5.10 Å². The Morgan fingerprint density at radius 2 is 2.14 bits per heavy atom. The number of hydrogen-bond donors (Lipinski definition) is 2. The lowest BCUT2D eigenvalue weighted by Gasteiger charge is -2.10. The van der Waals surface area contributed by atoms with E-state index >= 15 is 0 Å². The zero-order valence-electron chi connectivity index (χ0n) is 12.0. The SMILES string of the molecule is COc1ccc(C)cc1CCNC(=O)c1ccc(=O)[nH]n1. The van der Waals surface area contributed by atoms with Crippen LogP contribution < -0.4 is 15.6 Å². The number of aromatic nitrogens is 2. The van der Waals surface area contributed by atoms with Crippen molar-refractivity contribution < 1.29 is 9.53 Å². The number of H-pyrrole nitrogens is 1. The Morgan fingerprint density at radius 3 is 2.81 bits per heavy atom. The monoisotopic (exact) mass is 287 g/mol. The minimum absolute atomic E-state index is 0.186. The number of ether oxygens (including phenoxy) is 1. The average Bonchev–Trinajstić information content (AvgIpc) is 2.48. The van der Waals surface area contributed by atoms with Crippen molar-refractivity contribution in [3.05, 3.63) is 57.5 Å². The minimum atomic E-state index is -0.337. The fourth-order valence-electron chi connectivity index (χ4n) is 1.97. The molecule has 2 aromatic rings. The van der Waals surface area contributed by atoms with Gasteiger partial charge in [0.15, 0.2) is 0 Å². The maximum Gasteiger partial charge on any atom is 0.271 e. The molecule has 0 radical (unpaired) electrons. The van der Waals surface area contributed by atoms with Gasteiger partial charge in [0, 0.05) is 12.6 Å². The second-order valence-electron chi connectivity index (χ2n) is 4.63. The molecule has 110 valence electrons. The number of aryl methyl sites for hydroxylation is 1. The molecule has 6 heteroatoms. The number of nitrogens with one attached hydrogen (secondary N) is 2. The Kier molecular flexibility index (Phi) is 4.71. The number of nitrogens with zero attached hydrogens (tertiary/aromatic N) is 1. The number of amides is 1. The molecule has 2 N–H and O–H groups in total. The Balaban J connectivity index is 1.95. The van der Waals surface area contributed by atoms with E-state index in [1.54, 1.807) is 7.11 Å². The predicted molar refractivity (Wildman–Crippen MR) is 78.6 cm³/mol. The van der Waals surface area contributed by atoms with Crippen molar-refractivity contribution in [3.63, 3.8) is 0 Å². The summed E-state index contributed by atoms with van der Waals surface area (Å²) in [5.41, 5.74) is 2.02. The summed E-state index contributed by atoms with van der Waals surface area (Å²) in [6.45, 7) is 2.46. The number of hydrogen-bond acceptors (Lipinski definition) is 4. The zero-order chi connectivity index (χ0) is 15.2. The maximum absolute atomic E-state index is 11.8. The quantitative estimate of drug-likeness (QED) is 0.861. The van der Waals surface area contributed by atoms with Gasteiger partial charge in [0.05, 0.1) is 7.11 Å². The van der Waals surface area contributed by atoms with Crippen LogP contribution in [0, 0.1) is 6.92 Å². The largest absolute Gasteiger partial charge is 0.496 e. The highest BCUT2D eigenvalue weighted by molar-refractivity contribution is 5.91. The fraction of sp³-hybridized carbons (Fsp3) is 0.267. The molecule has 0 atom stereocenters. The van der Waals surface area contributed by atoms with Crippen LogP contribution in [0.3, 0.4) is 0 Å². The van der Waals surface area contributed by atoms with Crippen molar-refractivity contribution in [1.29, 1.82) is 0 Å². The van der Waals surface area contributed by atoms with Gasteiger partial charge in [-0.3, -0.25) is 9.59 Å². The lowest BCUT2D eigenvalue weighted by atomic mass is 10.1. The summed E-state index contributed by atoms with van der Waals surface area (Å²) in [5, 5.41) is 8.66. The topological polar surface area (TPSA) is 84.1 Å². The molecule has 1 aromatic heterocycles. The van der Waals surface area contributed by atoms with Gasteiger partial charge in [0.1, 0.15) is 11.4 Å². The Labute approximate surface area is 122 Å². The number of benzene rings is 1. The molecule has 2 rings (SSSR count). The summed E-state index contributed by atoms with van der Waals surface area (Å²) in [5.74, 6) is 0.481. The average molecular weight is 287 g/mol. The molecule has 0 saturated heterocycles. The van der Waals surface area contributed by atoms with Crippen molar-refractivity contribution in [3.8, 4) is 5.75 Å². The third kappa shape index (κ3) is 3.92. The van der Waals surface area contributed by atoms with Crippen LogP contribution in [0.4, 0.5) is 0 Å². The van der Waals surface area contributed by atoms with Crippen molar-refractivity contribution >= 4 is 5.91 Å². The zero-order valence-corrected chi connectivity index (χ0v) is 12.0. The van der Waals surface area contributed by atoms with Crippen molar-refractivity contribution in [2.75, 3.05) is 13.7 Å². The normalized spacial score (nSPS) is 10.2. The first kappa shape index (κ1) is 14.8. The van der Waals surface area contributed by atoms with Gasteiger partial charge < -0.3 is 10.1 Å². The molecule has 1 heterocycles. The molecular formula is C15H17N3O3. The van der Waals surface area contributed by atoms with E-state index in [1.165, 1.54) is 12.1 Å². The summed E-state index contributed by atoms with van der Waals surface area (Å²) in [4.78, 5) is 22.7. The molecule has 0 aliphatic rings. The van der Waals surface area contributed by atoms with E-state index in [0.29, 0.717) is 13.0 Å². The van der Waals surface area contributed by atoms with Crippen LogP contribution in [-0.2, 0) is 6.42 Å². The van der Waals surface area contributed by atoms with E-state index in [1.807, 2.05) is 25.1 Å². The van der Waals surface area contributed by atoms with E-state index in [2.05, 4.69) is 15.5 Å². The number of methoxy groups -OCH3 is 1. The summed E-state index contributed by atoms with van der Waals surface area (Å²) in [7, 11) is 1.62. The first-order valence-electron chi connectivity index (χ1n) is 6.57. The Hall–Kier alpha value is -2.63. The number of carbonyl (C=O) groups excluding carboxylic acids is 1. The van der Waals surface area contributed by atoms with Crippen molar-refractivity contribution in [2.45, 2.75) is 13.3 Å². The molecule has 6 nitrogen and oxygen atoms in total. The first-order chi connectivity index (χ1) is 10.1. The van der Waals surface area contributed by atoms with Gasteiger partial charge in [-0.25, -0.2) is 5.10 Å². The summed E-state index contributed by atoms with van der Waals surface area (Å²) in [6, 6.07) is 8.58. The molecule has 0 aliphatic heterocycles. The first-order valence-corrected chi connectivity index (χ1v) is 6.57. The molecule has 21 heavy (non-hydrogen) atoms. The van der Waals surface area contributed by atoms with Gasteiger partial charge in [0.25, 0.3) is 11.5 Å². The van der Waals surface area contributed by atoms with Crippen molar-refractivity contribution in [2.24, 2.45) is 0 Å². The summed E-state index contributed by atoms with van der Waals surface area (Å²) >= 11 is 0. The second-order valence-corrected chi connectivity index (χ2v) is 4.63. The van der Waals surface area contributed by atoms with Gasteiger partial charge in [-0.15, -0.1) is 0 Å². The van der Waals surface area contributed by atoms with Gasteiger partial charge in [-0.05, 0) is 31.0 Å². The van der Waals surface area contributed by atoms with Crippen LogP contribution in [0.5, 0.6) is 5.75 Å². The van der Waals surface area contributed by atoms with Crippen molar-refractivity contribution in [1.82, 2.24) is 15.5 Å². The van der Waals surface area contributed by atoms with Crippen LogP contribution in [0.15, 0.2) is 35.1 Å². The third-order valence-corrected chi connectivity index (χ3v) is 3.03. The maximum atomic E-state index is 11.8. The van der Waals surface area contributed by atoms with Crippen LogP contribution >= 0.6 is 0 Å². The molecule has 0 aliphatic carbocycles. The van der Waals surface area contributed by atoms with Gasteiger partial charge in [0.2, 0.25) is 0 Å². The smallest absolute Gasteiger partial charge is 0.271 e. The Morgan fingerprint density at radius 1 is 1.33 bits per heavy atom. The van der Waals surface area contributed by atoms with Crippen LogP contribution in [0.1, 0.15) is 21.6 Å². The van der Waals surface area contributed by atoms with E-state index in [9.17, 15) is 9.59 Å². The van der Waals surface area contributed by atoms with E-state index in [-0.39, 0.29) is 17.2 Å². The fourth-order valence-corrected chi connectivity index (χ4v) is 1.97. The van der Waals surface area contributed by atoms with E-state index in [0.717, 1.165) is 16.9 Å². The molecule has 0 fully saturated rings. The predicted octanol–water partition coefficient (Wildman–Crippen LogP) is 1.06. The van der Waals surface area contributed by atoms with Crippen LogP contribution in [0.2, 0.25) is 0 Å². The molecule has 0 unspecified atom stereocenters. The third-order valence-electron chi connectivity index (χ3n) is 3.03. The summed E-state index contributed by atoms with van der Waals surface area (Å²) < 4.78 is 5.29. The van der Waals surface area contributed by atoms with Crippen LogP contribution in [0.25, 0.3) is 0 Å². The lowest BCUT2D eigenvalue weighted by molar-refractivity contribution is 0.0948. The van der Waals surface area contributed by atoms with E-state index < -0.39 is 0 Å². The van der Waals surface area contributed by atoms with Crippen LogP contribution in [-0.4, -0.2) is 29.8 Å².